The van der Waals surface area contributed by atoms with Crippen LogP contribution >= 0.6 is 0 Å². The number of nitrogens with zero attached hydrogens (tertiary/aromatic N) is 1. The Hall–Kier alpha value is -1.11. The molecule has 0 saturated carbocycles. The lowest BCUT2D eigenvalue weighted by Gasteiger charge is -2.32. The largest absolute Gasteiger partial charge is 0.399 e. The Bertz CT molecular complexity index is 507. The van der Waals surface area contributed by atoms with E-state index in [0.29, 0.717) is 12.2 Å². The molecule has 0 heterocycles. The maximum atomic E-state index is 12.0. The van der Waals surface area contributed by atoms with E-state index in [-0.39, 0.29) is 11.3 Å². The van der Waals surface area contributed by atoms with Gasteiger partial charge in [0.1, 0.15) is 0 Å². The smallest absolute Gasteiger partial charge is 0.215 e. The van der Waals surface area contributed by atoms with E-state index < -0.39 is 10.0 Å². The molecule has 6 heteroatoms. The van der Waals surface area contributed by atoms with Gasteiger partial charge in [-0.1, -0.05) is 12.1 Å². The van der Waals surface area contributed by atoms with Crippen LogP contribution in [0.15, 0.2) is 24.3 Å². The highest BCUT2D eigenvalue weighted by Gasteiger charge is 2.23. The maximum absolute atomic E-state index is 12.0. The Labute approximate surface area is 115 Å². The van der Waals surface area contributed by atoms with Crippen molar-refractivity contribution in [2.24, 2.45) is 0 Å². The van der Waals surface area contributed by atoms with E-state index in [2.05, 4.69) is 4.72 Å². The Balaban J connectivity index is 2.65. The van der Waals surface area contributed by atoms with Crippen molar-refractivity contribution in [1.82, 2.24) is 9.62 Å². The lowest BCUT2D eigenvalue weighted by molar-refractivity contribution is 0.199. The van der Waals surface area contributed by atoms with E-state index in [0.717, 1.165) is 5.56 Å². The van der Waals surface area contributed by atoms with E-state index in [9.17, 15) is 8.42 Å². The number of rotatable bonds is 6. The number of hydrogen-bond donors (Lipinski definition) is 2. The van der Waals surface area contributed by atoms with Crippen LogP contribution in [0.1, 0.15) is 19.4 Å². The number of hydrogen-bond acceptors (Lipinski definition) is 4. The van der Waals surface area contributed by atoms with Gasteiger partial charge in [0, 0.05) is 17.8 Å². The summed E-state index contributed by atoms with van der Waals surface area (Å²) in [5, 5.41) is 0. The third kappa shape index (κ3) is 5.18. The highest BCUT2D eigenvalue weighted by Crippen LogP contribution is 2.11. The van der Waals surface area contributed by atoms with Gasteiger partial charge in [-0.3, -0.25) is 0 Å². The summed E-state index contributed by atoms with van der Waals surface area (Å²) >= 11 is 0. The quantitative estimate of drug-likeness (QED) is 0.766. The Morgan fingerprint density at radius 3 is 2.21 bits per heavy atom. The highest BCUT2D eigenvalue weighted by atomic mass is 32.2. The van der Waals surface area contributed by atoms with Crippen LogP contribution in [0.3, 0.4) is 0 Å². The molecule has 0 radical (unpaired) electrons. The first-order chi connectivity index (χ1) is 8.62. The average molecular weight is 285 g/mol. The van der Waals surface area contributed by atoms with Gasteiger partial charge in [0.15, 0.2) is 0 Å². The molecule has 0 saturated heterocycles. The van der Waals surface area contributed by atoms with Crippen molar-refractivity contribution in [1.29, 1.82) is 0 Å². The summed E-state index contributed by atoms with van der Waals surface area (Å²) in [5.74, 6) is -0.0310. The summed E-state index contributed by atoms with van der Waals surface area (Å²) in [4.78, 5) is 1.98. The Morgan fingerprint density at radius 1 is 1.21 bits per heavy atom. The van der Waals surface area contributed by atoms with E-state index in [4.69, 9.17) is 5.73 Å². The molecule has 19 heavy (non-hydrogen) atoms. The average Bonchev–Trinajstić information content (AvgIpc) is 2.30. The van der Waals surface area contributed by atoms with Crippen LogP contribution in [-0.2, 0) is 15.8 Å². The van der Waals surface area contributed by atoms with Gasteiger partial charge in [-0.15, -0.1) is 0 Å². The van der Waals surface area contributed by atoms with Crippen LogP contribution in [-0.4, -0.2) is 39.5 Å². The fraction of sp³-hybridized carbons (Fsp3) is 0.538. The van der Waals surface area contributed by atoms with Crippen LogP contribution in [0, 0.1) is 0 Å². The first-order valence-electron chi connectivity index (χ1n) is 6.11. The summed E-state index contributed by atoms with van der Waals surface area (Å²) in [6.07, 6.45) is 0. The second-order valence-corrected chi connectivity index (χ2v) is 7.34. The summed E-state index contributed by atoms with van der Waals surface area (Å²) < 4.78 is 26.6. The first kappa shape index (κ1) is 15.9. The van der Waals surface area contributed by atoms with Crippen molar-refractivity contribution >= 4 is 15.7 Å². The molecule has 0 aromatic heterocycles. The number of sulfonamides is 1. The van der Waals surface area contributed by atoms with E-state index >= 15 is 0 Å². The number of anilines is 1. The molecule has 0 spiro atoms. The zero-order valence-corrected chi connectivity index (χ0v) is 12.8. The van der Waals surface area contributed by atoms with Crippen molar-refractivity contribution < 1.29 is 8.42 Å². The molecule has 0 atom stereocenters. The Kier molecular flexibility index (Phi) is 4.95. The van der Waals surface area contributed by atoms with Crippen LogP contribution in [0.4, 0.5) is 5.69 Å². The molecule has 0 aliphatic heterocycles. The lowest BCUT2D eigenvalue weighted by Crippen LogP contribution is -2.48. The minimum Gasteiger partial charge on any atom is -0.399 e. The molecule has 0 fully saturated rings. The van der Waals surface area contributed by atoms with Crippen LogP contribution in [0.2, 0.25) is 0 Å². The second-order valence-electron chi connectivity index (χ2n) is 5.53. The highest BCUT2D eigenvalue weighted by molar-refractivity contribution is 7.88. The monoisotopic (exact) mass is 285 g/mol. The van der Waals surface area contributed by atoms with Gasteiger partial charge in [0.05, 0.1) is 5.75 Å². The van der Waals surface area contributed by atoms with Crippen LogP contribution in [0.25, 0.3) is 0 Å². The zero-order chi connectivity index (χ0) is 14.7. The fourth-order valence-corrected chi connectivity index (χ4v) is 2.64. The van der Waals surface area contributed by atoms with Gasteiger partial charge in [-0.05, 0) is 45.6 Å². The molecule has 0 amide bonds. The van der Waals surface area contributed by atoms with Crippen molar-refractivity contribution in [2.45, 2.75) is 25.1 Å². The van der Waals surface area contributed by atoms with Gasteiger partial charge in [0.25, 0.3) is 0 Å². The van der Waals surface area contributed by atoms with Crippen LogP contribution in [0.5, 0.6) is 0 Å². The maximum Gasteiger partial charge on any atom is 0.215 e. The second kappa shape index (κ2) is 5.90. The first-order valence-corrected chi connectivity index (χ1v) is 7.77. The van der Waals surface area contributed by atoms with Gasteiger partial charge >= 0.3 is 0 Å². The van der Waals surface area contributed by atoms with Crippen molar-refractivity contribution in [2.75, 3.05) is 26.4 Å². The fourth-order valence-electron chi connectivity index (χ4n) is 1.33. The van der Waals surface area contributed by atoms with Gasteiger partial charge < -0.3 is 10.6 Å². The van der Waals surface area contributed by atoms with Crippen molar-refractivity contribution in [3.05, 3.63) is 29.8 Å². The predicted molar refractivity (Wildman–Crippen MR) is 79.2 cm³/mol. The van der Waals surface area contributed by atoms with Gasteiger partial charge in [0.2, 0.25) is 10.0 Å². The molecule has 1 rings (SSSR count). The minimum atomic E-state index is -3.33. The molecule has 3 N–H and O–H groups in total. The summed E-state index contributed by atoms with van der Waals surface area (Å²) in [6.45, 7) is 4.34. The summed E-state index contributed by atoms with van der Waals surface area (Å²) in [7, 11) is 0.518. The molecule has 108 valence electrons. The number of nitrogens with one attached hydrogen (secondary N) is 1. The molecule has 1 aromatic rings. The number of benzene rings is 1. The Morgan fingerprint density at radius 2 is 1.74 bits per heavy atom. The molecule has 5 nitrogen and oxygen atoms in total. The van der Waals surface area contributed by atoms with E-state index in [1.165, 1.54) is 0 Å². The van der Waals surface area contributed by atoms with E-state index in [1.807, 2.05) is 32.8 Å². The van der Waals surface area contributed by atoms with Crippen LogP contribution < -0.4 is 10.5 Å². The SMILES string of the molecule is CN(C)C(C)(C)CNS(=O)(=O)Cc1ccc(N)cc1. The number of nitrogens with two attached hydrogens (primary N) is 1. The minimum absolute atomic E-state index is 0.0310. The third-order valence-corrected chi connectivity index (χ3v) is 4.57. The van der Waals surface area contributed by atoms with E-state index in [1.54, 1.807) is 24.3 Å². The van der Waals surface area contributed by atoms with Gasteiger partial charge in [-0.25, -0.2) is 13.1 Å². The number of likely N-dealkylation sites (N-methyl/N-ethyl adjacent to an activating group) is 1. The normalized spacial score (nSPS) is 12.9. The number of nitrogen functional groups attached to an aromatic ring is 1. The molecule has 0 bridgehead atoms. The van der Waals surface area contributed by atoms with Crippen molar-refractivity contribution in [3.8, 4) is 0 Å². The molecule has 1 aromatic carbocycles. The predicted octanol–water partition coefficient (Wildman–Crippen LogP) is 1.03. The summed E-state index contributed by atoms with van der Waals surface area (Å²) in [6, 6.07) is 6.86. The van der Waals surface area contributed by atoms with Crippen molar-refractivity contribution in [3.63, 3.8) is 0 Å². The molecule has 0 aliphatic carbocycles. The third-order valence-electron chi connectivity index (χ3n) is 3.27. The zero-order valence-electron chi connectivity index (χ0n) is 12.0. The lowest BCUT2D eigenvalue weighted by atomic mass is 10.1. The molecular weight excluding hydrogens is 262 g/mol. The molecule has 0 unspecified atom stereocenters. The summed E-state index contributed by atoms with van der Waals surface area (Å²) in [5.41, 5.74) is 6.69. The van der Waals surface area contributed by atoms with Gasteiger partial charge in [-0.2, -0.15) is 0 Å². The molecule has 0 aliphatic rings. The standard InChI is InChI=1S/C13H23N3O2S/c1-13(2,16(3)4)10-15-19(17,18)9-11-5-7-12(14)8-6-11/h5-8,15H,9-10,14H2,1-4H3. The topological polar surface area (TPSA) is 75.4 Å². The molecular formula is C13H23N3O2S.